The Bertz CT molecular complexity index is 407. The van der Waals surface area contributed by atoms with Crippen molar-refractivity contribution in [2.45, 2.75) is 13.1 Å². The summed E-state index contributed by atoms with van der Waals surface area (Å²) in [6.45, 7) is 0.0202. The number of hydrogen-bond donors (Lipinski definition) is 1. The number of fused-ring (bicyclic) bond motifs is 1. The van der Waals surface area contributed by atoms with Crippen LogP contribution in [0.25, 0.3) is 4.96 Å². The third-order valence-corrected chi connectivity index (χ3v) is 2.60. The third kappa shape index (κ3) is 1.42. The van der Waals surface area contributed by atoms with E-state index in [0.717, 1.165) is 17.1 Å². The minimum atomic E-state index is -0.532. The fourth-order valence-corrected chi connectivity index (χ4v) is 1.89. The molecule has 0 fully saturated rings. The fourth-order valence-electron chi connectivity index (χ4n) is 1.15. The van der Waals surface area contributed by atoms with E-state index >= 15 is 0 Å². The van der Waals surface area contributed by atoms with Crippen molar-refractivity contribution in [3.63, 3.8) is 0 Å². The van der Waals surface area contributed by atoms with Crippen LogP contribution < -0.4 is 5.73 Å². The molecule has 2 N–H and O–H groups in total. The van der Waals surface area contributed by atoms with Crippen molar-refractivity contribution in [1.29, 1.82) is 0 Å². The van der Waals surface area contributed by atoms with Crippen LogP contribution in [0.4, 0.5) is 4.39 Å². The summed E-state index contributed by atoms with van der Waals surface area (Å²) in [4.78, 5) is 4.84. The molecule has 2 heterocycles. The van der Waals surface area contributed by atoms with Gasteiger partial charge in [0.25, 0.3) is 0 Å². The molecule has 4 nitrogen and oxygen atoms in total. The summed E-state index contributed by atoms with van der Waals surface area (Å²) in [6, 6.07) is 0. The molecule has 0 radical (unpaired) electrons. The molecule has 0 atom stereocenters. The van der Waals surface area contributed by atoms with E-state index < -0.39 is 6.67 Å². The van der Waals surface area contributed by atoms with Crippen LogP contribution in [0.1, 0.15) is 10.7 Å². The number of halogens is 1. The molecule has 0 saturated heterocycles. The highest BCUT2D eigenvalue weighted by atomic mass is 32.1. The first kappa shape index (κ1) is 8.58. The van der Waals surface area contributed by atoms with Gasteiger partial charge in [-0.3, -0.25) is 0 Å². The van der Waals surface area contributed by atoms with Gasteiger partial charge in [-0.1, -0.05) is 11.3 Å². The summed E-state index contributed by atoms with van der Waals surface area (Å²) in [5.41, 5.74) is 6.35. The lowest BCUT2D eigenvalue weighted by Crippen LogP contribution is -2.05. The normalized spacial score (nSPS) is 11.2. The minimum Gasteiger partial charge on any atom is -0.330 e. The van der Waals surface area contributed by atoms with Gasteiger partial charge in [-0.15, -0.1) is 0 Å². The van der Waals surface area contributed by atoms with Crippen LogP contribution in [0.3, 0.4) is 0 Å². The van der Waals surface area contributed by atoms with Gasteiger partial charge in [0.1, 0.15) is 11.7 Å². The van der Waals surface area contributed by atoms with Crippen LogP contribution in [0.5, 0.6) is 0 Å². The second kappa shape index (κ2) is 3.39. The number of hydrogen-bond acceptors (Lipinski definition) is 4. The summed E-state index contributed by atoms with van der Waals surface area (Å²) in [5.74, 6) is 0. The Labute approximate surface area is 78.2 Å². The predicted molar refractivity (Wildman–Crippen MR) is 48.4 cm³/mol. The Kier molecular flexibility index (Phi) is 2.24. The summed E-state index contributed by atoms with van der Waals surface area (Å²) >= 11 is 1.27. The van der Waals surface area contributed by atoms with Gasteiger partial charge >= 0.3 is 0 Å². The summed E-state index contributed by atoms with van der Waals surface area (Å²) in [5, 5.41) is 4.51. The minimum absolute atomic E-state index is 0.460. The molecule has 0 saturated carbocycles. The maximum absolute atomic E-state index is 12.2. The average molecular weight is 200 g/mol. The van der Waals surface area contributed by atoms with Gasteiger partial charge in [0.05, 0.1) is 11.9 Å². The standard InChI is InChI=1S/C7H9FN4S/c8-3-6-11-12-5(1-2-9)4-10-7(12)13-6/h4H,1-3,9H2. The molecule has 0 amide bonds. The molecule has 6 heteroatoms. The first-order chi connectivity index (χ1) is 6.35. The van der Waals surface area contributed by atoms with Gasteiger partial charge in [0.2, 0.25) is 4.96 Å². The summed E-state index contributed by atoms with van der Waals surface area (Å²) < 4.78 is 13.9. The average Bonchev–Trinajstić information content (AvgIpc) is 2.67. The molecule has 2 rings (SSSR count). The summed E-state index contributed by atoms with van der Waals surface area (Å²) in [7, 11) is 0. The molecule has 0 aliphatic heterocycles. The van der Waals surface area contributed by atoms with Crippen molar-refractivity contribution in [1.82, 2.24) is 14.6 Å². The molecule has 0 bridgehead atoms. The lowest BCUT2D eigenvalue weighted by molar-refractivity contribution is 0.479. The van der Waals surface area contributed by atoms with Crippen LogP contribution in [0.15, 0.2) is 6.20 Å². The highest BCUT2D eigenvalue weighted by Crippen LogP contribution is 2.16. The van der Waals surface area contributed by atoms with E-state index in [4.69, 9.17) is 5.73 Å². The maximum atomic E-state index is 12.2. The van der Waals surface area contributed by atoms with Crippen LogP contribution in [0, 0.1) is 0 Å². The smallest absolute Gasteiger partial charge is 0.212 e. The highest BCUT2D eigenvalue weighted by molar-refractivity contribution is 7.16. The molecule has 0 unspecified atom stereocenters. The van der Waals surface area contributed by atoms with Crippen LogP contribution in [-0.4, -0.2) is 21.1 Å². The predicted octanol–water partition coefficient (Wildman–Crippen LogP) is 0.762. The maximum Gasteiger partial charge on any atom is 0.212 e. The first-order valence-electron chi connectivity index (χ1n) is 3.93. The largest absolute Gasteiger partial charge is 0.330 e. The van der Waals surface area contributed by atoms with Gasteiger partial charge in [0, 0.05) is 6.42 Å². The zero-order valence-electron chi connectivity index (χ0n) is 6.90. The molecule has 2 aromatic heterocycles. The van der Waals surface area contributed by atoms with E-state index in [9.17, 15) is 4.39 Å². The van der Waals surface area contributed by atoms with Gasteiger partial charge in [0.15, 0.2) is 0 Å². The Hall–Kier alpha value is -1.01. The topological polar surface area (TPSA) is 56.2 Å². The number of nitrogens with zero attached hydrogens (tertiary/aromatic N) is 3. The zero-order valence-corrected chi connectivity index (χ0v) is 7.72. The number of imidazole rings is 1. The fraction of sp³-hybridized carbons (Fsp3) is 0.429. The lowest BCUT2D eigenvalue weighted by atomic mass is 10.3. The molecule has 0 aliphatic rings. The van der Waals surface area contributed by atoms with Gasteiger partial charge in [-0.05, 0) is 6.54 Å². The highest BCUT2D eigenvalue weighted by Gasteiger charge is 2.08. The van der Waals surface area contributed by atoms with Gasteiger partial charge in [-0.2, -0.15) is 5.10 Å². The molecule has 0 aromatic carbocycles. The molecular weight excluding hydrogens is 191 g/mol. The molecule has 13 heavy (non-hydrogen) atoms. The van der Waals surface area contributed by atoms with Crippen molar-refractivity contribution < 1.29 is 4.39 Å². The first-order valence-corrected chi connectivity index (χ1v) is 4.75. The van der Waals surface area contributed by atoms with Crippen molar-refractivity contribution in [3.05, 3.63) is 16.9 Å². The number of rotatable bonds is 3. The van der Waals surface area contributed by atoms with Crippen molar-refractivity contribution in [2.24, 2.45) is 5.73 Å². The second-order valence-corrected chi connectivity index (χ2v) is 3.65. The van der Waals surface area contributed by atoms with E-state index in [0.29, 0.717) is 11.6 Å². The lowest BCUT2D eigenvalue weighted by Gasteiger charge is -1.92. The van der Waals surface area contributed by atoms with Crippen molar-refractivity contribution in [3.8, 4) is 0 Å². The van der Waals surface area contributed by atoms with Crippen LogP contribution >= 0.6 is 11.3 Å². The van der Waals surface area contributed by atoms with Gasteiger partial charge in [-0.25, -0.2) is 13.9 Å². The monoisotopic (exact) mass is 200 g/mol. The Morgan fingerprint density at radius 3 is 3.15 bits per heavy atom. The van der Waals surface area contributed by atoms with Crippen molar-refractivity contribution in [2.75, 3.05) is 6.54 Å². The van der Waals surface area contributed by atoms with Crippen LogP contribution in [0.2, 0.25) is 0 Å². The molecule has 0 spiro atoms. The van der Waals surface area contributed by atoms with E-state index in [1.165, 1.54) is 11.3 Å². The third-order valence-electron chi connectivity index (χ3n) is 1.71. The van der Waals surface area contributed by atoms with Crippen LogP contribution in [-0.2, 0) is 13.1 Å². The zero-order chi connectivity index (χ0) is 9.26. The van der Waals surface area contributed by atoms with Crippen molar-refractivity contribution >= 4 is 16.3 Å². The van der Waals surface area contributed by atoms with E-state index in [-0.39, 0.29) is 0 Å². The number of alkyl halides is 1. The SMILES string of the molecule is NCCc1cnc2sc(CF)nn12. The Morgan fingerprint density at radius 1 is 1.62 bits per heavy atom. The molecule has 2 aromatic rings. The van der Waals surface area contributed by atoms with Gasteiger partial charge < -0.3 is 5.73 Å². The van der Waals surface area contributed by atoms with E-state index in [1.807, 2.05) is 0 Å². The molecule has 70 valence electrons. The second-order valence-electron chi connectivity index (χ2n) is 2.61. The van der Waals surface area contributed by atoms with E-state index in [1.54, 1.807) is 10.7 Å². The van der Waals surface area contributed by atoms with E-state index in [2.05, 4.69) is 10.1 Å². The summed E-state index contributed by atoms with van der Waals surface area (Å²) in [6.07, 6.45) is 2.45. The number of aromatic nitrogens is 3. The number of nitrogens with two attached hydrogens (primary N) is 1. The molecular formula is C7H9FN4S. The quantitative estimate of drug-likeness (QED) is 0.795. The Balaban J connectivity index is 2.46. The Morgan fingerprint density at radius 2 is 2.46 bits per heavy atom. The molecule has 0 aliphatic carbocycles.